The topological polar surface area (TPSA) is 17.1 Å². The van der Waals surface area contributed by atoms with E-state index < -0.39 is 0 Å². The molecule has 1 fully saturated rings. The molecular formula is C16H30O. The maximum absolute atomic E-state index is 12.4. The van der Waals surface area contributed by atoms with Gasteiger partial charge >= 0.3 is 0 Å². The zero-order valence-electron chi connectivity index (χ0n) is 12.2. The highest BCUT2D eigenvalue weighted by Crippen LogP contribution is 2.44. The second kappa shape index (κ2) is 6.56. The minimum Gasteiger partial charge on any atom is -0.299 e. The van der Waals surface area contributed by atoms with Crippen molar-refractivity contribution in [1.29, 1.82) is 0 Å². The monoisotopic (exact) mass is 238 g/mol. The van der Waals surface area contributed by atoms with Gasteiger partial charge in [-0.25, -0.2) is 0 Å². The molecule has 1 aliphatic rings. The molecule has 0 aromatic carbocycles. The minimum atomic E-state index is 0.264. The SMILES string of the molecule is CCCCC(CC)CC(=O)C1CCCC1(C)C. The van der Waals surface area contributed by atoms with E-state index in [1.807, 2.05) is 0 Å². The molecule has 0 amide bonds. The van der Waals surface area contributed by atoms with Gasteiger partial charge in [0, 0.05) is 12.3 Å². The van der Waals surface area contributed by atoms with Crippen LogP contribution >= 0.6 is 0 Å². The number of carbonyl (C=O) groups excluding carboxylic acids is 1. The van der Waals surface area contributed by atoms with Gasteiger partial charge in [0.25, 0.3) is 0 Å². The predicted molar refractivity (Wildman–Crippen MR) is 74.1 cm³/mol. The van der Waals surface area contributed by atoms with Gasteiger partial charge in [0.1, 0.15) is 5.78 Å². The second-order valence-corrected chi connectivity index (χ2v) is 6.52. The lowest BCUT2D eigenvalue weighted by Gasteiger charge is -2.27. The number of hydrogen-bond acceptors (Lipinski definition) is 1. The van der Waals surface area contributed by atoms with E-state index in [0.29, 0.717) is 17.6 Å². The summed E-state index contributed by atoms with van der Waals surface area (Å²) in [6, 6.07) is 0. The van der Waals surface area contributed by atoms with Crippen LogP contribution in [0.3, 0.4) is 0 Å². The van der Waals surface area contributed by atoms with Gasteiger partial charge in [-0.3, -0.25) is 4.79 Å². The predicted octanol–water partition coefficient (Wildman–Crippen LogP) is 4.99. The minimum absolute atomic E-state index is 0.264. The number of hydrogen-bond donors (Lipinski definition) is 0. The van der Waals surface area contributed by atoms with Gasteiger partial charge in [0.2, 0.25) is 0 Å². The molecule has 2 unspecified atom stereocenters. The van der Waals surface area contributed by atoms with E-state index in [4.69, 9.17) is 0 Å². The van der Waals surface area contributed by atoms with Gasteiger partial charge in [0.05, 0.1) is 0 Å². The molecule has 1 nitrogen and oxygen atoms in total. The molecule has 0 heterocycles. The van der Waals surface area contributed by atoms with Crippen LogP contribution < -0.4 is 0 Å². The van der Waals surface area contributed by atoms with E-state index in [-0.39, 0.29) is 5.41 Å². The summed E-state index contributed by atoms with van der Waals surface area (Å²) in [7, 11) is 0. The molecule has 0 bridgehead atoms. The van der Waals surface area contributed by atoms with Crippen molar-refractivity contribution in [3.8, 4) is 0 Å². The Bertz CT molecular complexity index is 242. The van der Waals surface area contributed by atoms with Gasteiger partial charge < -0.3 is 0 Å². The summed E-state index contributed by atoms with van der Waals surface area (Å²) < 4.78 is 0. The van der Waals surface area contributed by atoms with Crippen molar-refractivity contribution >= 4 is 5.78 Å². The third kappa shape index (κ3) is 4.12. The van der Waals surface area contributed by atoms with Crippen molar-refractivity contribution in [3.05, 3.63) is 0 Å². The summed E-state index contributed by atoms with van der Waals surface area (Å²) in [5.74, 6) is 1.53. The van der Waals surface area contributed by atoms with Crippen LogP contribution in [0.4, 0.5) is 0 Å². The highest BCUT2D eigenvalue weighted by molar-refractivity contribution is 5.82. The molecular weight excluding hydrogens is 208 g/mol. The molecule has 100 valence electrons. The normalized spacial score (nSPS) is 24.8. The van der Waals surface area contributed by atoms with Crippen molar-refractivity contribution in [2.45, 2.75) is 79.1 Å². The number of ketones is 1. The largest absolute Gasteiger partial charge is 0.299 e. The molecule has 0 saturated heterocycles. The molecule has 0 spiro atoms. The van der Waals surface area contributed by atoms with Crippen LogP contribution in [0.2, 0.25) is 0 Å². The van der Waals surface area contributed by atoms with E-state index in [9.17, 15) is 4.79 Å². The molecule has 1 heteroatoms. The number of Topliss-reactive ketones (excluding diaryl/α,β-unsaturated/α-hetero) is 1. The van der Waals surface area contributed by atoms with Gasteiger partial charge in [-0.1, -0.05) is 59.8 Å². The van der Waals surface area contributed by atoms with Gasteiger partial charge in [-0.05, 0) is 24.2 Å². The van der Waals surface area contributed by atoms with E-state index in [2.05, 4.69) is 27.7 Å². The highest BCUT2D eigenvalue weighted by atomic mass is 16.1. The molecule has 0 N–H and O–H groups in total. The van der Waals surface area contributed by atoms with Gasteiger partial charge in [-0.2, -0.15) is 0 Å². The van der Waals surface area contributed by atoms with E-state index in [0.717, 1.165) is 12.8 Å². The number of rotatable bonds is 7. The fraction of sp³-hybridized carbons (Fsp3) is 0.938. The Balaban J connectivity index is 2.47. The lowest BCUT2D eigenvalue weighted by Crippen LogP contribution is -2.27. The smallest absolute Gasteiger partial charge is 0.136 e. The zero-order valence-corrected chi connectivity index (χ0v) is 12.2. The molecule has 0 aromatic heterocycles. The quantitative estimate of drug-likeness (QED) is 0.611. The number of carbonyl (C=O) groups is 1. The Labute approximate surface area is 107 Å². The third-order valence-electron chi connectivity index (χ3n) is 4.68. The summed E-state index contributed by atoms with van der Waals surface area (Å²) in [5, 5.41) is 0. The van der Waals surface area contributed by atoms with Crippen LogP contribution in [0.5, 0.6) is 0 Å². The fourth-order valence-corrected chi connectivity index (χ4v) is 3.29. The van der Waals surface area contributed by atoms with Crippen LogP contribution in [-0.2, 0) is 4.79 Å². The standard InChI is InChI=1S/C16H30O/c1-5-7-9-13(6-2)12-15(17)14-10-8-11-16(14,3)4/h13-14H,5-12H2,1-4H3. The van der Waals surface area contributed by atoms with E-state index in [1.54, 1.807) is 0 Å². The molecule has 0 radical (unpaired) electrons. The van der Waals surface area contributed by atoms with Crippen molar-refractivity contribution in [3.63, 3.8) is 0 Å². The Morgan fingerprint density at radius 1 is 1.35 bits per heavy atom. The molecule has 2 atom stereocenters. The molecule has 1 aliphatic carbocycles. The van der Waals surface area contributed by atoms with Gasteiger partial charge in [0.15, 0.2) is 0 Å². The Kier molecular flexibility index (Phi) is 5.69. The van der Waals surface area contributed by atoms with Crippen LogP contribution in [0.25, 0.3) is 0 Å². The first-order chi connectivity index (χ1) is 8.01. The molecule has 17 heavy (non-hydrogen) atoms. The first-order valence-electron chi connectivity index (χ1n) is 7.54. The molecule has 1 rings (SSSR count). The lowest BCUT2D eigenvalue weighted by atomic mass is 9.76. The molecule has 1 saturated carbocycles. The average molecular weight is 238 g/mol. The maximum atomic E-state index is 12.4. The Hall–Kier alpha value is -0.330. The summed E-state index contributed by atoms with van der Waals surface area (Å²) in [6.45, 7) is 9.01. The lowest BCUT2D eigenvalue weighted by molar-refractivity contribution is -0.126. The van der Waals surface area contributed by atoms with Crippen molar-refractivity contribution < 1.29 is 4.79 Å². The number of unbranched alkanes of at least 4 members (excludes halogenated alkanes) is 1. The summed E-state index contributed by atoms with van der Waals surface area (Å²) in [6.07, 6.45) is 9.38. The van der Waals surface area contributed by atoms with Crippen LogP contribution in [0, 0.1) is 17.3 Å². The maximum Gasteiger partial charge on any atom is 0.136 e. The van der Waals surface area contributed by atoms with Gasteiger partial charge in [-0.15, -0.1) is 0 Å². The van der Waals surface area contributed by atoms with Crippen molar-refractivity contribution in [2.75, 3.05) is 0 Å². The second-order valence-electron chi connectivity index (χ2n) is 6.52. The zero-order chi connectivity index (χ0) is 12.9. The molecule has 0 aromatic rings. The molecule has 0 aliphatic heterocycles. The highest BCUT2D eigenvalue weighted by Gasteiger charge is 2.39. The van der Waals surface area contributed by atoms with Crippen LogP contribution in [-0.4, -0.2) is 5.78 Å². The fourth-order valence-electron chi connectivity index (χ4n) is 3.29. The van der Waals surface area contributed by atoms with Crippen molar-refractivity contribution in [2.24, 2.45) is 17.3 Å². The summed E-state index contributed by atoms with van der Waals surface area (Å²) in [4.78, 5) is 12.4. The van der Waals surface area contributed by atoms with Crippen LogP contribution in [0.15, 0.2) is 0 Å². The summed E-state index contributed by atoms with van der Waals surface area (Å²) in [5.41, 5.74) is 0.264. The third-order valence-corrected chi connectivity index (χ3v) is 4.68. The van der Waals surface area contributed by atoms with E-state index in [1.165, 1.54) is 38.5 Å². The van der Waals surface area contributed by atoms with Crippen molar-refractivity contribution in [1.82, 2.24) is 0 Å². The Morgan fingerprint density at radius 2 is 2.06 bits per heavy atom. The summed E-state index contributed by atoms with van der Waals surface area (Å²) >= 11 is 0. The Morgan fingerprint density at radius 3 is 2.53 bits per heavy atom. The first-order valence-corrected chi connectivity index (χ1v) is 7.54. The average Bonchev–Trinajstić information content (AvgIpc) is 2.63. The van der Waals surface area contributed by atoms with E-state index >= 15 is 0 Å². The first kappa shape index (κ1) is 14.7. The van der Waals surface area contributed by atoms with Crippen LogP contribution in [0.1, 0.15) is 79.1 Å².